The Hall–Kier alpha value is -3.35. The number of hydrogen-bond acceptors (Lipinski definition) is 4. The lowest BCUT2D eigenvalue weighted by atomic mass is 10.1. The van der Waals surface area contributed by atoms with E-state index in [-0.39, 0.29) is 18.4 Å². The molecule has 1 aliphatic rings. The van der Waals surface area contributed by atoms with Crippen LogP contribution in [0.1, 0.15) is 5.56 Å². The Morgan fingerprint density at radius 1 is 1.29 bits per heavy atom. The zero-order valence-electron chi connectivity index (χ0n) is 13.0. The first-order valence-electron chi connectivity index (χ1n) is 7.34. The van der Waals surface area contributed by atoms with Crippen molar-refractivity contribution in [2.24, 2.45) is 0 Å². The second kappa shape index (κ2) is 6.82. The zero-order chi connectivity index (χ0) is 16.9. The van der Waals surface area contributed by atoms with E-state index in [4.69, 9.17) is 4.74 Å². The maximum atomic E-state index is 12.4. The molecular formula is C17H16N4O3. The number of fused-ring (bicyclic) bond motifs is 1. The molecule has 24 heavy (non-hydrogen) atoms. The Morgan fingerprint density at radius 3 is 2.96 bits per heavy atom. The van der Waals surface area contributed by atoms with Gasteiger partial charge in [0.1, 0.15) is 12.3 Å². The van der Waals surface area contributed by atoms with E-state index in [1.54, 1.807) is 25.4 Å². The zero-order valence-corrected chi connectivity index (χ0v) is 13.0. The monoisotopic (exact) mass is 324 g/mol. The van der Waals surface area contributed by atoms with E-state index in [0.29, 0.717) is 17.0 Å². The Morgan fingerprint density at radius 2 is 2.12 bits per heavy atom. The molecule has 0 saturated carbocycles. The molecule has 3 rings (SSSR count). The molecular weight excluding hydrogens is 308 g/mol. The van der Waals surface area contributed by atoms with Crippen LogP contribution < -0.4 is 15.4 Å². The number of rotatable bonds is 4. The topological polar surface area (TPSA) is 85.2 Å². The minimum absolute atomic E-state index is 0.0934. The van der Waals surface area contributed by atoms with Gasteiger partial charge in [0.05, 0.1) is 18.1 Å². The number of nitrogens with zero attached hydrogens (tertiary/aromatic N) is 2. The molecule has 2 heterocycles. The van der Waals surface area contributed by atoms with Gasteiger partial charge >= 0.3 is 0 Å². The van der Waals surface area contributed by atoms with Gasteiger partial charge in [0, 0.05) is 24.4 Å². The first-order valence-corrected chi connectivity index (χ1v) is 7.34. The van der Waals surface area contributed by atoms with Crippen molar-refractivity contribution in [3.8, 4) is 5.75 Å². The molecule has 0 fully saturated rings. The summed E-state index contributed by atoms with van der Waals surface area (Å²) in [5, 5.41) is 9.30. The molecule has 2 N–H and O–H groups in total. The molecule has 0 aliphatic carbocycles. The van der Waals surface area contributed by atoms with Crippen LogP contribution in [0.25, 0.3) is 6.08 Å². The Kier molecular flexibility index (Phi) is 4.42. The first kappa shape index (κ1) is 15.5. The fourth-order valence-corrected chi connectivity index (χ4v) is 2.19. The third-order valence-corrected chi connectivity index (χ3v) is 3.41. The number of aromatic nitrogens is 2. The number of likely N-dealkylation sites (N-methyl/N-ethyl adjacent to an activating group) is 1. The fourth-order valence-electron chi connectivity index (χ4n) is 2.19. The highest BCUT2D eigenvalue weighted by atomic mass is 16.5. The van der Waals surface area contributed by atoms with E-state index < -0.39 is 0 Å². The molecule has 7 nitrogen and oxygen atoms in total. The van der Waals surface area contributed by atoms with Crippen LogP contribution >= 0.6 is 0 Å². The second-order valence-corrected chi connectivity index (χ2v) is 5.11. The van der Waals surface area contributed by atoms with Gasteiger partial charge in [0.2, 0.25) is 5.91 Å². The van der Waals surface area contributed by atoms with E-state index in [0.717, 1.165) is 5.56 Å². The van der Waals surface area contributed by atoms with Crippen molar-refractivity contribution in [3.05, 3.63) is 60.1 Å². The number of amides is 2. The number of carbonyl (C=O) groups excluding carboxylic acids is 2. The molecule has 1 aromatic carbocycles. The molecule has 1 aliphatic heterocycles. The number of hydrogen-bond donors (Lipinski definition) is 2. The van der Waals surface area contributed by atoms with Crippen LogP contribution in [0.2, 0.25) is 0 Å². The van der Waals surface area contributed by atoms with E-state index in [1.165, 1.54) is 17.1 Å². The molecule has 2 amide bonds. The number of carbonyl (C=O) groups is 2. The molecule has 0 bridgehead atoms. The molecule has 0 radical (unpaired) electrons. The molecule has 0 spiro atoms. The number of anilines is 1. The quantitative estimate of drug-likeness (QED) is 0.894. The number of nitrogens with one attached hydrogen (secondary N) is 2. The van der Waals surface area contributed by atoms with Crippen LogP contribution in [0, 0.1) is 0 Å². The molecule has 7 heteroatoms. The van der Waals surface area contributed by atoms with Crippen LogP contribution in [-0.2, 0) is 16.1 Å². The lowest BCUT2D eigenvalue weighted by Crippen LogP contribution is -2.23. The van der Waals surface area contributed by atoms with E-state index in [1.807, 2.05) is 24.3 Å². The molecule has 0 unspecified atom stereocenters. The number of benzene rings is 1. The number of ether oxygens (including phenoxy) is 1. The van der Waals surface area contributed by atoms with Gasteiger partial charge in [-0.25, -0.2) is 0 Å². The molecule has 0 atom stereocenters. The van der Waals surface area contributed by atoms with Gasteiger partial charge in [-0.2, -0.15) is 5.10 Å². The molecule has 2 aromatic rings. The van der Waals surface area contributed by atoms with Gasteiger partial charge in [-0.1, -0.05) is 18.2 Å². The van der Waals surface area contributed by atoms with Crippen molar-refractivity contribution in [2.75, 3.05) is 12.4 Å². The van der Waals surface area contributed by atoms with Gasteiger partial charge < -0.3 is 15.4 Å². The molecule has 1 aromatic heterocycles. The third-order valence-electron chi connectivity index (χ3n) is 3.41. The normalized spacial score (nSPS) is 12.5. The predicted molar refractivity (Wildman–Crippen MR) is 89.1 cm³/mol. The molecule has 0 saturated heterocycles. The van der Waals surface area contributed by atoms with Crippen molar-refractivity contribution in [1.82, 2.24) is 15.1 Å². The average molecular weight is 324 g/mol. The Bertz CT molecular complexity index is 836. The van der Waals surface area contributed by atoms with E-state index in [9.17, 15) is 9.59 Å². The SMILES string of the molecule is CNC(=O)Cn1cc(NC(=O)C2=Cc3ccccc3OC=C2)cn1. The molecule has 122 valence electrons. The summed E-state index contributed by atoms with van der Waals surface area (Å²) in [7, 11) is 1.55. The summed E-state index contributed by atoms with van der Waals surface area (Å²) in [6, 6.07) is 7.45. The van der Waals surface area contributed by atoms with Crippen molar-refractivity contribution >= 4 is 23.6 Å². The lowest BCUT2D eigenvalue weighted by molar-refractivity contribution is -0.121. The van der Waals surface area contributed by atoms with Crippen LogP contribution in [0.5, 0.6) is 5.75 Å². The van der Waals surface area contributed by atoms with Gasteiger partial charge in [0.25, 0.3) is 5.91 Å². The summed E-state index contributed by atoms with van der Waals surface area (Å²) in [6.07, 6.45) is 7.92. The minimum atomic E-state index is -0.286. The maximum Gasteiger partial charge on any atom is 0.255 e. The fraction of sp³-hybridized carbons (Fsp3) is 0.118. The predicted octanol–water partition coefficient (Wildman–Crippen LogP) is 1.56. The largest absolute Gasteiger partial charge is 0.464 e. The summed E-state index contributed by atoms with van der Waals surface area (Å²) >= 11 is 0. The lowest BCUT2D eigenvalue weighted by Gasteiger charge is -2.03. The van der Waals surface area contributed by atoms with Crippen LogP contribution in [0.4, 0.5) is 5.69 Å². The van der Waals surface area contributed by atoms with Crippen LogP contribution in [0.15, 0.2) is 54.6 Å². The van der Waals surface area contributed by atoms with Crippen molar-refractivity contribution in [3.63, 3.8) is 0 Å². The highest BCUT2D eigenvalue weighted by molar-refractivity contribution is 6.09. The standard InChI is InChI=1S/C17H16N4O3/c1-18-16(22)11-21-10-14(9-19-21)20-17(23)13-6-7-24-15-5-3-2-4-12(15)8-13/h2-10H,11H2,1H3,(H,18,22)(H,20,23). The van der Waals surface area contributed by atoms with E-state index in [2.05, 4.69) is 15.7 Å². The minimum Gasteiger partial charge on any atom is -0.464 e. The summed E-state index contributed by atoms with van der Waals surface area (Å²) in [6.45, 7) is 0.0934. The van der Waals surface area contributed by atoms with Crippen molar-refractivity contribution in [1.29, 1.82) is 0 Å². The summed E-state index contributed by atoms with van der Waals surface area (Å²) in [5.41, 5.74) is 1.79. The van der Waals surface area contributed by atoms with Crippen LogP contribution in [-0.4, -0.2) is 28.6 Å². The highest BCUT2D eigenvalue weighted by Crippen LogP contribution is 2.24. The van der Waals surface area contributed by atoms with Gasteiger partial charge in [0.15, 0.2) is 0 Å². The highest BCUT2D eigenvalue weighted by Gasteiger charge is 2.13. The average Bonchev–Trinajstić information content (AvgIpc) is 2.90. The maximum absolute atomic E-state index is 12.4. The number of para-hydroxylation sites is 1. The Labute approximate surface area is 138 Å². The Balaban J connectivity index is 1.73. The summed E-state index contributed by atoms with van der Waals surface area (Å²) < 4.78 is 6.91. The van der Waals surface area contributed by atoms with E-state index >= 15 is 0 Å². The smallest absolute Gasteiger partial charge is 0.255 e. The third kappa shape index (κ3) is 3.52. The van der Waals surface area contributed by atoms with Crippen molar-refractivity contribution in [2.45, 2.75) is 6.54 Å². The van der Waals surface area contributed by atoms with Gasteiger partial charge in [-0.05, 0) is 18.2 Å². The van der Waals surface area contributed by atoms with Gasteiger partial charge in [-0.3, -0.25) is 14.3 Å². The van der Waals surface area contributed by atoms with Gasteiger partial charge in [-0.15, -0.1) is 0 Å². The summed E-state index contributed by atoms with van der Waals surface area (Å²) in [5.74, 6) is 0.236. The van der Waals surface area contributed by atoms with Crippen LogP contribution in [0.3, 0.4) is 0 Å². The van der Waals surface area contributed by atoms with Crippen molar-refractivity contribution < 1.29 is 14.3 Å². The summed E-state index contributed by atoms with van der Waals surface area (Å²) in [4.78, 5) is 23.7. The first-order chi connectivity index (χ1) is 11.7. The second-order valence-electron chi connectivity index (χ2n) is 5.11.